The normalized spacial score (nSPS) is 30.2. The number of piperazine rings is 1. The molecule has 2 atom stereocenters. The second-order valence-electron chi connectivity index (χ2n) is 7.91. The predicted molar refractivity (Wildman–Crippen MR) is 90.1 cm³/mol. The lowest BCUT2D eigenvalue weighted by atomic mass is 9.81. The predicted octanol–water partition coefficient (Wildman–Crippen LogP) is 0.195. The second kappa shape index (κ2) is 5.16. The molecule has 1 aromatic heterocycles. The first-order chi connectivity index (χ1) is 11.3. The third kappa shape index (κ3) is 2.31. The van der Waals surface area contributed by atoms with Gasteiger partial charge in [0.1, 0.15) is 0 Å². The van der Waals surface area contributed by atoms with Gasteiger partial charge in [-0.05, 0) is 34.1 Å². The number of carbonyl (C=O) groups is 1. The number of carbonyl (C=O) groups excluding carboxylic acids is 1. The van der Waals surface area contributed by atoms with Gasteiger partial charge in [0.2, 0.25) is 12.4 Å². The highest BCUT2D eigenvalue weighted by atomic mass is 16.7. The Morgan fingerprint density at radius 2 is 1.67 bits per heavy atom. The number of rotatable bonds is 3. The molecule has 0 radical (unpaired) electrons. The van der Waals surface area contributed by atoms with Crippen LogP contribution < -0.4 is 10.4 Å². The topological polar surface area (TPSA) is 67.8 Å². The van der Waals surface area contributed by atoms with Gasteiger partial charge < -0.3 is 19.1 Å². The Labute approximate surface area is 142 Å². The van der Waals surface area contributed by atoms with Gasteiger partial charge in [-0.1, -0.05) is 0 Å². The number of amides is 1. The molecule has 2 unspecified atom stereocenters. The Morgan fingerprint density at radius 1 is 1.12 bits per heavy atom. The van der Waals surface area contributed by atoms with Crippen molar-refractivity contribution >= 4 is 24.9 Å². The largest absolute Gasteiger partial charge is 0.498 e. The van der Waals surface area contributed by atoms with Crippen LogP contribution in [0.15, 0.2) is 12.4 Å². The van der Waals surface area contributed by atoms with E-state index in [1.165, 1.54) is 0 Å². The smallest absolute Gasteiger partial charge is 0.399 e. The molecular formula is C16H23BN4O3. The van der Waals surface area contributed by atoms with Crippen molar-refractivity contribution in [1.82, 2.24) is 14.9 Å². The molecule has 0 N–H and O–H groups in total. The van der Waals surface area contributed by atoms with Crippen LogP contribution in [0.4, 0.5) is 5.95 Å². The van der Waals surface area contributed by atoms with Crippen LogP contribution in [-0.4, -0.2) is 64.8 Å². The van der Waals surface area contributed by atoms with Crippen molar-refractivity contribution < 1.29 is 14.1 Å². The van der Waals surface area contributed by atoms with E-state index in [-0.39, 0.29) is 11.2 Å². The van der Waals surface area contributed by atoms with Crippen molar-refractivity contribution in [1.29, 1.82) is 0 Å². The number of hydrogen-bond donors (Lipinski definition) is 0. The number of aromatic nitrogens is 2. The third-order valence-electron chi connectivity index (χ3n) is 5.84. The first-order valence-corrected chi connectivity index (χ1v) is 8.46. The van der Waals surface area contributed by atoms with Gasteiger partial charge >= 0.3 is 7.12 Å². The van der Waals surface area contributed by atoms with E-state index in [0.29, 0.717) is 18.0 Å². The standard InChI is InChI=1S/C16H23BN4O3/c1-15(2)16(3,4)24-17(23-15)11-6-18-14(19-7-11)20-8-12-5-13(9-20)21(12)10-22/h6-7,10,12-13H,5,8-9H2,1-4H3. The lowest BCUT2D eigenvalue weighted by Gasteiger charge is -2.54. The summed E-state index contributed by atoms with van der Waals surface area (Å²) in [5.41, 5.74) is 0.0834. The molecule has 8 heteroatoms. The molecule has 24 heavy (non-hydrogen) atoms. The van der Waals surface area contributed by atoms with Gasteiger partial charge in [0.05, 0.1) is 23.3 Å². The Bertz CT molecular complexity index is 623. The average molecular weight is 330 g/mol. The molecule has 5 rings (SSSR count). The van der Waals surface area contributed by atoms with Crippen LogP contribution in [0.1, 0.15) is 34.1 Å². The molecule has 4 fully saturated rings. The highest BCUT2D eigenvalue weighted by molar-refractivity contribution is 6.61. The van der Waals surface area contributed by atoms with E-state index < -0.39 is 7.12 Å². The summed E-state index contributed by atoms with van der Waals surface area (Å²) >= 11 is 0. The summed E-state index contributed by atoms with van der Waals surface area (Å²) in [7, 11) is -0.440. The van der Waals surface area contributed by atoms with E-state index in [4.69, 9.17) is 9.31 Å². The summed E-state index contributed by atoms with van der Waals surface area (Å²) in [6, 6.07) is 0.597. The first kappa shape index (κ1) is 15.8. The molecular weight excluding hydrogens is 307 g/mol. The summed E-state index contributed by atoms with van der Waals surface area (Å²) in [5.74, 6) is 0.704. The summed E-state index contributed by atoms with van der Waals surface area (Å²) in [6.07, 6.45) is 5.60. The van der Waals surface area contributed by atoms with Crippen LogP contribution in [0.2, 0.25) is 0 Å². The molecule has 5 heterocycles. The van der Waals surface area contributed by atoms with E-state index in [9.17, 15) is 4.79 Å². The zero-order valence-corrected chi connectivity index (χ0v) is 14.6. The van der Waals surface area contributed by atoms with Crippen LogP contribution in [0.5, 0.6) is 0 Å². The highest BCUT2D eigenvalue weighted by Crippen LogP contribution is 2.36. The van der Waals surface area contributed by atoms with Crippen LogP contribution in [0, 0.1) is 0 Å². The number of piperidine rings is 1. The minimum atomic E-state index is -0.440. The minimum Gasteiger partial charge on any atom is -0.399 e. The quantitative estimate of drug-likeness (QED) is 0.582. The first-order valence-electron chi connectivity index (χ1n) is 8.46. The maximum Gasteiger partial charge on any atom is 0.498 e. The van der Waals surface area contributed by atoms with Crippen molar-refractivity contribution in [3.8, 4) is 0 Å². The van der Waals surface area contributed by atoms with Crippen molar-refractivity contribution in [2.45, 2.75) is 57.4 Å². The average Bonchev–Trinajstić information content (AvgIpc) is 2.76. The van der Waals surface area contributed by atoms with Crippen LogP contribution in [0.25, 0.3) is 0 Å². The van der Waals surface area contributed by atoms with Crippen LogP contribution in [0.3, 0.4) is 0 Å². The molecule has 4 aliphatic heterocycles. The second-order valence-corrected chi connectivity index (χ2v) is 7.91. The summed E-state index contributed by atoms with van der Waals surface area (Å²) in [4.78, 5) is 24.0. The number of anilines is 1. The monoisotopic (exact) mass is 330 g/mol. The molecule has 4 aliphatic rings. The Balaban J connectivity index is 1.46. The fraction of sp³-hybridized carbons (Fsp3) is 0.688. The number of nitrogens with zero attached hydrogens (tertiary/aromatic N) is 4. The third-order valence-corrected chi connectivity index (χ3v) is 5.84. The van der Waals surface area contributed by atoms with E-state index in [1.807, 2.05) is 32.6 Å². The molecule has 1 aromatic rings. The maximum absolute atomic E-state index is 11.0. The molecule has 0 spiro atoms. The fourth-order valence-electron chi connectivity index (χ4n) is 3.57. The zero-order valence-electron chi connectivity index (χ0n) is 14.6. The summed E-state index contributed by atoms with van der Waals surface area (Å²) in [5, 5.41) is 0. The molecule has 0 saturated carbocycles. The highest BCUT2D eigenvalue weighted by Gasteiger charge is 2.52. The molecule has 1 amide bonds. The summed E-state index contributed by atoms with van der Waals surface area (Å²) < 4.78 is 12.1. The lowest BCUT2D eigenvalue weighted by Crippen LogP contribution is -2.68. The van der Waals surface area contributed by atoms with Crippen molar-refractivity contribution in [2.24, 2.45) is 0 Å². The Hall–Kier alpha value is -1.67. The van der Waals surface area contributed by atoms with Crippen LogP contribution in [-0.2, 0) is 14.1 Å². The molecule has 0 aliphatic carbocycles. The molecule has 0 aromatic carbocycles. The van der Waals surface area contributed by atoms with Gasteiger partial charge in [-0.25, -0.2) is 9.97 Å². The van der Waals surface area contributed by atoms with Gasteiger partial charge in [-0.3, -0.25) is 4.79 Å². The number of fused-ring (bicyclic) bond motifs is 2. The fourth-order valence-corrected chi connectivity index (χ4v) is 3.57. The van der Waals surface area contributed by atoms with Crippen molar-refractivity contribution in [2.75, 3.05) is 18.0 Å². The van der Waals surface area contributed by atoms with Gasteiger partial charge in [0.15, 0.2) is 0 Å². The SMILES string of the molecule is CC1(C)OB(c2cnc(N3CC4CC(C3)N4C=O)nc2)OC1(C)C. The summed E-state index contributed by atoms with van der Waals surface area (Å²) in [6.45, 7) is 9.71. The van der Waals surface area contributed by atoms with E-state index >= 15 is 0 Å². The molecule has 4 saturated heterocycles. The zero-order chi connectivity index (χ0) is 17.1. The lowest BCUT2D eigenvalue weighted by molar-refractivity contribution is -0.131. The Kier molecular flexibility index (Phi) is 3.41. The molecule has 7 nitrogen and oxygen atoms in total. The molecule has 128 valence electrons. The minimum absolute atomic E-state index is 0.299. The maximum atomic E-state index is 11.0. The van der Waals surface area contributed by atoms with Gasteiger partial charge in [0.25, 0.3) is 0 Å². The van der Waals surface area contributed by atoms with Gasteiger partial charge in [-0.2, -0.15) is 0 Å². The van der Waals surface area contributed by atoms with E-state index in [0.717, 1.165) is 31.4 Å². The van der Waals surface area contributed by atoms with E-state index in [2.05, 4.69) is 14.9 Å². The Morgan fingerprint density at radius 3 is 2.17 bits per heavy atom. The van der Waals surface area contributed by atoms with Crippen molar-refractivity contribution in [3.63, 3.8) is 0 Å². The van der Waals surface area contributed by atoms with Gasteiger partial charge in [-0.15, -0.1) is 0 Å². The van der Waals surface area contributed by atoms with Gasteiger partial charge in [0, 0.05) is 30.9 Å². The van der Waals surface area contributed by atoms with E-state index in [1.54, 1.807) is 12.4 Å². The van der Waals surface area contributed by atoms with Crippen molar-refractivity contribution in [3.05, 3.63) is 12.4 Å². The molecule has 2 bridgehead atoms. The van der Waals surface area contributed by atoms with Crippen LogP contribution >= 0.6 is 0 Å². The number of hydrogen-bond acceptors (Lipinski definition) is 6.